The van der Waals surface area contributed by atoms with Gasteiger partial charge in [-0.1, -0.05) is 12.1 Å². The first-order valence-electron chi connectivity index (χ1n) is 8.24. The number of methoxy groups -OCH3 is 2. The summed E-state index contributed by atoms with van der Waals surface area (Å²) in [5.74, 6) is 1.50. The summed E-state index contributed by atoms with van der Waals surface area (Å²) in [6.45, 7) is 0. The molecule has 4 aromatic rings. The average Bonchev–Trinajstić information content (AvgIpc) is 3.00. The lowest BCUT2D eigenvalue weighted by Crippen LogP contribution is -2.22. The summed E-state index contributed by atoms with van der Waals surface area (Å²) in [5, 5.41) is 0. The Morgan fingerprint density at radius 1 is 0.615 bits per heavy atom. The molecule has 0 bridgehead atoms. The van der Waals surface area contributed by atoms with Gasteiger partial charge in [-0.25, -0.2) is 4.79 Å². The summed E-state index contributed by atoms with van der Waals surface area (Å²) in [7, 11) is 3.24. The summed E-state index contributed by atoms with van der Waals surface area (Å²) >= 11 is 0. The van der Waals surface area contributed by atoms with Gasteiger partial charge >= 0.3 is 5.69 Å². The third-order valence-electron chi connectivity index (χ3n) is 4.41. The highest BCUT2D eigenvalue weighted by Crippen LogP contribution is 2.23. The van der Waals surface area contributed by atoms with E-state index < -0.39 is 0 Å². The number of ether oxygens (including phenoxy) is 2. The Morgan fingerprint density at radius 3 is 1.35 bits per heavy atom. The molecular weight excluding hydrogens is 328 g/mol. The van der Waals surface area contributed by atoms with E-state index in [1.807, 2.05) is 72.8 Å². The van der Waals surface area contributed by atoms with Crippen LogP contribution in [0.5, 0.6) is 11.5 Å². The molecule has 5 heteroatoms. The minimum atomic E-state index is -0.124. The third kappa shape index (κ3) is 2.54. The zero-order valence-corrected chi connectivity index (χ0v) is 14.5. The molecule has 5 nitrogen and oxygen atoms in total. The zero-order valence-electron chi connectivity index (χ0n) is 14.5. The molecule has 0 N–H and O–H groups in total. The van der Waals surface area contributed by atoms with Crippen molar-refractivity contribution in [1.82, 2.24) is 9.13 Å². The van der Waals surface area contributed by atoms with Crippen molar-refractivity contribution in [1.29, 1.82) is 0 Å². The van der Waals surface area contributed by atoms with Crippen molar-refractivity contribution < 1.29 is 9.47 Å². The maximum atomic E-state index is 13.3. The van der Waals surface area contributed by atoms with Gasteiger partial charge in [0.1, 0.15) is 11.5 Å². The minimum Gasteiger partial charge on any atom is -0.497 e. The van der Waals surface area contributed by atoms with E-state index >= 15 is 0 Å². The van der Waals surface area contributed by atoms with Crippen molar-refractivity contribution in [2.75, 3.05) is 14.2 Å². The Labute approximate surface area is 150 Å². The second kappa shape index (κ2) is 6.44. The van der Waals surface area contributed by atoms with E-state index in [1.165, 1.54) is 0 Å². The van der Waals surface area contributed by atoms with Crippen LogP contribution in [0.2, 0.25) is 0 Å². The van der Waals surface area contributed by atoms with Gasteiger partial charge in [-0.2, -0.15) is 0 Å². The van der Waals surface area contributed by atoms with E-state index in [2.05, 4.69) is 0 Å². The number of benzene rings is 3. The number of nitrogens with zero attached hydrogens (tertiary/aromatic N) is 2. The Morgan fingerprint density at radius 2 is 1.00 bits per heavy atom. The summed E-state index contributed by atoms with van der Waals surface area (Å²) in [6, 6.07) is 22.7. The van der Waals surface area contributed by atoms with Gasteiger partial charge in [0.25, 0.3) is 0 Å². The number of hydrogen-bond acceptors (Lipinski definition) is 3. The molecule has 0 unspecified atom stereocenters. The molecular formula is C21H18N2O3. The Hall–Kier alpha value is -3.47. The molecule has 0 spiro atoms. The normalized spacial score (nSPS) is 10.8. The quantitative estimate of drug-likeness (QED) is 0.565. The average molecular weight is 346 g/mol. The summed E-state index contributed by atoms with van der Waals surface area (Å²) in [6.07, 6.45) is 0. The van der Waals surface area contributed by atoms with E-state index in [-0.39, 0.29) is 5.69 Å². The van der Waals surface area contributed by atoms with E-state index in [0.29, 0.717) is 0 Å². The lowest BCUT2D eigenvalue weighted by atomic mass is 10.2. The molecule has 0 aliphatic heterocycles. The molecule has 1 aromatic heterocycles. The monoisotopic (exact) mass is 346 g/mol. The highest BCUT2D eigenvalue weighted by molar-refractivity contribution is 5.80. The Bertz CT molecular complexity index is 1020. The predicted octanol–water partition coefficient (Wildman–Crippen LogP) is 3.80. The summed E-state index contributed by atoms with van der Waals surface area (Å²) in [4.78, 5) is 13.3. The molecule has 4 rings (SSSR count). The molecule has 0 radical (unpaired) electrons. The van der Waals surface area contributed by atoms with Gasteiger partial charge in [-0.05, 0) is 60.7 Å². The molecule has 0 aliphatic rings. The number of hydrogen-bond donors (Lipinski definition) is 0. The molecule has 3 aromatic carbocycles. The van der Waals surface area contributed by atoms with Crippen LogP contribution in [-0.4, -0.2) is 23.4 Å². The third-order valence-corrected chi connectivity index (χ3v) is 4.41. The fraction of sp³-hybridized carbons (Fsp3) is 0.0952. The van der Waals surface area contributed by atoms with Gasteiger partial charge in [0.15, 0.2) is 0 Å². The highest BCUT2D eigenvalue weighted by atomic mass is 16.5. The topological polar surface area (TPSA) is 45.4 Å². The van der Waals surface area contributed by atoms with Crippen molar-refractivity contribution in [3.05, 3.63) is 83.3 Å². The van der Waals surface area contributed by atoms with Gasteiger partial charge in [0.05, 0.1) is 36.6 Å². The first kappa shape index (κ1) is 16.0. The van der Waals surface area contributed by atoms with Crippen LogP contribution in [-0.2, 0) is 0 Å². The molecule has 26 heavy (non-hydrogen) atoms. The molecule has 0 amide bonds. The second-order valence-corrected chi connectivity index (χ2v) is 5.84. The number of para-hydroxylation sites is 2. The van der Waals surface area contributed by atoms with Gasteiger partial charge < -0.3 is 9.47 Å². The zero-order chi connectivity index (χ0) is 18.1. The van der Waals surface area contributed by atoms with Crippen LogP contribution in [0.4, 0.5) is 0 Å². The fourth-order valence-electron chi connectivity index (χ4n) is 3.11. The highest BCUT2D eigenvalue weighted by Gasteiger charge is 2.15. The molecule has 0 saturated heterocycles. The lowest BCUT2D eigenvalue weighted by Gasteiger charge is -2.05. The minimum absolute atomic E-state index is 0.124. The summed E-state index contributed by atoms with van der Waals surface area (Å²) in [5.41, 5.74) is 3.15. The van der Waals surface area contributed by atoms with Gasteiger partial charge in [0, 0.05) is 0 Å². The maximum Gasteiger partial charge on any atom is 0.338 e. The number of imidazole rings is 1. The van der Waals surface area contributed by atoms with Crippen LogP contribution in [0.25, 0.3) is 22.4 Å². The van der Waals surface area contributed by atoms with E-state index in [9.17, 15) is 4.79 Å². The van der Waals surface area contributed by atoms with Gasteiger partial charge in [-0.3, -0.25) is 9.13 Å². The van der Waals surface area contributed by atoms with Crippen LogP contribution in [0.15, 0.2) is 77.6 Å². The molecule has 0 atom stereocenters. The van der Waals surface area contributed by atoms with Crippen molar-refractivity contribution in [2.24, 2.45) is 0 Å². The largest absolute Gasteiger partial charge is 0.497 e. The smallest absolute Gasteiger partial charge is 0.338 e. The van der Waals surface area contributed by atoms with Crippen LogP contribution >= 0.6 is 0 Å². The molecule has 0 saturated carbocycles. The number of rotatable bonds is 4. The van der Waals surface area contributed by atoms with Crippen molar-refractivity contribution in [3.8, 4) is 22.9 Å². The predicted molar refractivity (Wildman–Crippen MR) is 102 cm³/mol. The van der Waals surface area contributed by atoms with Crippen LogP contribution in [0.1, 0.15) is 0 Å². The number of aromatic nitrogens is 2. The van der Waals surface area contributed by atoms with Crippen LogP contribution < -0.4 is 15.2 Å². The standard InChI is InChI=1S/C21H18N2O3/c1-25-17-11-7-15(8-12-17)22-19-5-3-4-6-20(19)23(21(22)24)16-9-13-18(26-2)14-10-16/h3-14H,1-2H3. The maximum absolute atomic E-state index is 13.3. The molecule has 1 heterocycles. The van der Waals surface area contributed by atoms with Crippen molar-refractivity contribution in [2.45, 2.75) is 0 Å². The Balaban J connectivity index is 1.97. The van der Waals surface area contributed by atoms with E-state index in [4.69, 9.17) is 9.47 Å². The van der Waals surface area contributed by atoms with E-state index in [1.54, 1.807) is 23.4 Å². The first-order valence-corrected chi connectivity index (χ1v) is 8.24. The fourth-order valence-corrected chi connectivity index (χ4v) is 3.11. The SMILES string of the molecule is COc1ccc(-n2c(=O)n(-c3ccc(OC)cc3)c3ccccc32)cc1. The van der Waals surface area contributed by atoms with Crippen molar-refractivity contribution in [3.63, 3.8) is 0 Å². The van der Waals surface area contributed by atoms with Crippen molar-refractivity contribution >= 4 is 11.0 Å². The molecule has 0 aliphatic carbocycles. The van der Waals surface area contributed by atoms with Crippen LogP contribution in [0, 0.1) is 0 Å². The number of fused-ring (bicyclic) bond motifs is 1. The Kier molecular flexibility index (Phi) is 3.97. The second-order valence-electron chi connectivity index (χ2n) is 5.84. The molecule has 130 valence electrons. The first-order chi connectivity index (χ1) is 12.7. The van der Waals surface area contributed by atoms with Gasteiger partial charge in [-0.15, -0.1) is 0 Å². The van der Waals surface area contributed by atoms with Gasteiger partial charge in [0.2, 0.25) is 0 Å². The molecule has 0 fully saturated rings. The van der Waals surface area contributed by atoms with Crippen LogP contribution in [0.3, 0.4) is 0 Å². The summed E-state index contributed by atoms with van der Waals surface area (Å²) < 4.78 is 13.8. The van der Waals surface area contributed by atoms with E-state index in [0.717, 1.165) is 33.9 Å². The lowest BCUT2D eigenvalue weighted by molar-refractivity contribution is 0.414.